The Morgan fingerprint density at radius 2 is 1.79 bits per heavy atom. The molecule has 4 bridgehead atoms. The van der Waals surface area contributed by atoms with Crippen LogP contribution < -0.4 is 9.47 Å². The van der Waals surface area contributed by atoms with Crippen molar-refractivity contribution in [3.63, 3.8) is 0 Å². The van der Waals surface area contributed by atoms with Gasteiger partial charge in [-0.2, -0.15) is 0 Å². The van der Waals surface area contributed by atoms with Gasteiger partial charge in [0.25, 0.3) is 11.8 Å². The molecule has 0 radical (unpaired) electrons. The molecule has 34 heavy (non-hydrogen) atoms. The van der Waals surface area contributed by atoms with Crippen molar-refractivity contribution >= 4 is 11.8 Å². The smallest absolute Gasteiger partial charge is 0.259 e. The molecular weight excluding hydrogens is 434 g/mol. The number of ether oxygens (including phenoxy) is 3. The standard InChI is InChI=1S/C26H33N3O5/c1-6-23(7-2)21(30)28-25-10-11-26(33-5,29(28)22(23)31)20-24(25)12-13-27(3)17(25)14-15-8-9-16(32-4)19(34-20)18(15)24/h8-9,17,20H,6-7,10-14H2,1-5H3. The van der Waals surface area contributed by atoms with E-state index < -0.39 is 28.2 Å². The summed E-state index contributed by atoms with van der Waals surface area (Å²) in [6, 6.07) is 4.26. The Hall–Kier alpha value is -2.32. The van der Waals surface area contributed by atoms with Crippen LogP contribution in [0.4, 0.5) is 0 Å². The summed E-state index contributed by atoms with van der Waals surface area (Å²) in [6.07, 6.45) is 3.67. The van der Waals surface area contributed by atoms with E-state index in [0.29, 0.717) is 25.0 Å². The largest absolute Gasteiger partial charge is 0.493 e. The van der Waals surface area contributed by atoms with Crippen molar-refractivity contribution in [3.05, 3.63) is 23.3 Å². The lowest BCUT2D eigenvalue weighted by atomic mass is 9.44. The van der Waals surface area contributed by atoms with Gasteiger partial charge in [-0.05, 0) is 57.3 Å². The minimum atomic E-state index is -1.04. The molecule has 5 aliphatic heterocycles. The van der Waals surface area contributed by atoms with Crippen LogP contribution in [0.1, 0.15) is 57.1 Å². The predicted octanol–water partition coefficient (Wildman–Crippen LogP) is 2.24. The number of rotatable bonds is 4. The van der Waals surface area contributed by atoms with Crippen LogP contribution in [0.2, 0.25) is 0 Å². The van der Waals surface area contributed by atoms with Gasteiger partial charge in [0.1, 0.15) is 5.41 Å². The Morgan fingerprint density at radius 1 is 1.06 bits per heavy atom. The number of nitrogens with zero attached hydrogens (tertiary/aromatic N) is 3. The minimum Gasteiger partial charge on any atom is -0.493 e. The van der Waals surface area contributed by atoms with Crippen LogP contribution in [0.3, 0.4) is 0 Å². The van der Waals surface area contributed by atoms with Gasteiger partial charge >= 0.3 is 0 Å². The van der Waals surface area contributed by atoms with Gasteiger partial charge in [0, 0.05) is 25.1 Å². The zero-order valence-electron chi connectivity index (χ0n) is 20.6. The maximum atomic E-state index is 14.4. The third-order valence-electron chi connectivity index (χ3n) is 10.7. The summed E-state index contributed by atoms with van der Waals surface area (Å²) in [6.45, 7) is 4.82. The molecule has 8 rings (SSSR count). The van der Waals surface area contributed by atoms with E-state index in [2.05, 4.69) is 18.0 Å². The van der Waals surface area contributed by atoms with E-state index in [1.165, 1.54) is 11.1 Å². The number of hydrazine groups is 1. The SMILES string of the molecule is CCC1(CC)C(=O)N2N(C1=O)C13CCC2(OC)C2Oc4c(OC)ccc5c4C21CCN(C)C3C5. The molecule has 182 valence electrons. The fourth-order valence-corrected chi connectivity index (χ4v) is 9.06. The highest BCUT2D eigenvalue weighted by molar-refractivity contribution is 6.11. The average Bonchev–Trinajstić information content (AvgIpc) is 3.34. The van der Waals surface area contributed by atoms with Gasteiger partial charge in [-0.25, -0.2) is 10.0 Å². The number of amides is 2. The Balaban J connectivity index is 1.60. The van der Waals surface area contributed by atoms with E-state index in [1.54, 1.807) is 19.2 Å². The van der Waals surface area contributed by atoms with Crippen molar-refractivity contribution in [2.45, 2.75) is 81.2 Å². The molecule has 7 aliphatic rings. The normalized spacial score (nSPS) is 40.4. The van der Waals surface area contributed by atoms with Crippen molar-refractivity contribution in [3.8, 4) is 11.5 Å². The van der Waals surface area contributed by atoms with Crippen molar-refractivity contribution in [1.82, 2.24) is 14.9 Å². The quantitative estimate of drug-likeness (QED) is 0.633. The highest BCUT2D eigenvalue weighted by Crippen LogP contribution is 2.74. The zero-order valence-corrected chi connectivity index (χ0v) is 20.6. The third-order valence-corrected chi connectivity index (χ3v) is 10.7. The Kier molecular flexibility index (Phi) is 3.75. The lowest BCUT2D eigenvalue weighted by molar-refractivity contribution is -0.360. The first kappa shape index (κ1) is 21.0. The van der Waals surface area contributed by atoms with E-state index in [-0.39, 0.29) is 17.9 Å². The van der Waals surface area contributed by atoms with Crippen molar-refractivity contribution in [2.24, 2.45) is 5.41 Å². The van der Waals surface area contributed by atoms with Crippen molar-refractivity contribution < 1.29 is 23.8 Å². The molecule has 8 heteroatoms. The Labute approximate surface area is 200 Å². The highest BCUT2D eigenvalue weighted by Gasteiger charge is 2.87. The molecule has 4 saturated heterocycles. The Morgan fingerprint density at radius 3 is 2.47 bits per heavy atom. The van der Waals surface area contributed by atoms with Crippen LogP contribution in [0, 0.1) is 5.41 Å². The second-order valence-corrected chi connectivity index (χ2v) is 11.0. The van der Waals surface area contributed by atoms with Gasteiger partial charge in [-0.15, -0.1) is 0 Å². The predicted molar refractivity (Wildman–Crippen MR) is 122 cm³/mol. The van der Waals surface area contributed by atoms with Crippen LogP contribution in [0.5, 0.6) is 11.5 Å². The first-order valence-electron chi connectivity index (χ1n) is 12.7. The number of piperidine rings is 1. The van der Waals surface area contributed by atoms with E-state index in [9.17, 15) is 9.59 Å². The fourth-order valence-electron chi connectivity index (χ4n) is 9.06. The molecular formula is C26H33N3O5. The van der Waals surface area contributed by atoms with Crippen molar-refractivity contribution in [2.75, 3.05) is 27.8 Å². The molecule has 1 aromatic carbocycles. The zero-order chi connectivity index (χ0) is 23.8. The van der Waals surface area contributed by atoms with Gasteiger partial charge in [0.2, 0.25) is 0 Å². The summed E-state index contributed by atoms with van der Waals surface area (Å²) in [7, 11) is 5.51. The highest BCUT2D eigenvalue weighted by atomic mass is 16.6. The van der Waals surface area contributed by atoms with Crippen LogP contribution in [0.15, 0.2) is 12.1 Å². The number of hydrogen-bond donors (Lipinski definition) is 0. The van der Waals surface area contributed by atoms with Gasteiger partial charge in [0.15, 0.2) is 23.3 Å². The maximum absolute atomic E-state index is 14.4. The summed E-state index contributed by atoms with van der Waals surface area (Å²) >= 11 is 0. The van der Waals surface area contributed by atoms with E-state index in [0.717, 1.165) is 31.6 Å². The van der Waals surface area contributed by atoms with Crippen LogP contribution in [0.25, 0.3) is 0 Å². The second kappa shape index (κ2) is 6.08. The van der Waals surface area contributed by atoms with E-state index in [4.69, 9.17) is 14.2 Å². The molecule has 5 unspecified atom stereocenters. The number of hydrogen-bond acceptors (Lipinski definition) is 6. The number of benzene rings is 1. The topological polar surface area (TPSA) is 71.6 Å². The average molecular weight is 468 g/mol. The molecule has 2 spiro atoms. The molecule has 0 aromatic heterocycles. The summed E-state index contributed by atoms with van der Waals surface area (Å²) in [5.74, 6) is 1.31. The first-order valence-corrected chi connectivity index (χ1v) is 12.7. The van der Waals surface area contributed by atoms with Gasteiger partial charge in [-0.1, -0.05) is 19.9 Å². The molecule has 1 saturated carbocycles. The van der Waals surface area contributed by atoms with Gasteiger partial charge < -0.3 is 19.1 Å². The number of fused-ring (bicyclic) bond motifs is 1. The summed E-state index contributed by atoms with van der Waals surface area (Å²) in [5.41, 5.74) is -0.622. The molecule has 5 atom stereocenters. The third kappa shape index (κ3) is 1.70. The molecule has 5 fully saturated rings. The monoisotopic (exact) mass is 467 g/mol. The fraction of sp³-hybridized carbons (Fsp3) is 0.692. The number of methoxy groups -OCH3 is 2. The molecule has 8 nitrogen and oxygen atoms in total. The maximum Gasteiger partial charge on any atom is 0.259 e. The van der Waals surface area contributed by atoms with E-state index >= 15 is 0 Å². The summed E-state index contributed by atoms with van der Waals surface area (Å²) in [4.78, 5) is 31.1. The lowest BCUT2D eigenvalue weighted by Crippen LogP contribution is -2.92. The molecule has 1 aromatic rings. The van der Waals surface area contributed by atoms with Crippen LogP contribution in [-0.4, -0.2) is 78.0 Å². The number of carbonyl (C=O) groups is 2. The van der Waals surface area contributed by atoms with E-state index in [1.807, 2.05) is 24.9 Å². The molecule has 2 aliphatic carbocycles. The number of likely N-dealkylation sites (N-methyl/N-ethyl adjacent to an activating group) is 1. The van der Waals surface area contributed by atoms with Gasteiger partial charge in [-0.3, -0.25) is 9.59 Å². The molecule has 2 amide bonds. The summed E-state index contributed by atoms with van der Waals surface area (Å²) in [5, 5.41) is 3.64. The molecule has 0 N–H and O–H groups in total. The number of carbonyl (C=O) groups excluding carboxylic acids is 2. The minimum absolute atomic E-state index is 0.0541. The van der Waals surface area contributed by atoms with Crippen molar-refractivity contribution in [1.29, 1.82) is 0 Å². The number of likely N-dealkylation sites (tertiary alicyclic amines) is 1. The van der Waals surface area contributed by atoms with Crippen LogP contribution >= 0.6 is 0 Å². The Bertz CT molecular complexity index is 1150. The lowest BCUT2D eigenvalue weighted by Gasteiger charge is -2.75. The first-order chi connectivity index (χ1) is 16.3. The molecule has 5 heterocycles. The van der Waals surface area contributed by atoms with Gasteiger partial charge in [0.05, 0.1) is 18.1 Å². The summed E-state index contributed by atoms with van der Waals surface area (Å²) < 4.78 is 19.0. The second-order valence-electron chi connectivity index (χ2n) is 11.0. The van der Waals surface area contributed by atoms with Crippen LogP contribution in [-0.2, 0) is 26.2 Å².